The van der Waals surface area contributed by atoms with Crippen molar-refractivity contribution in [3.63, 3.8) is 0 Å². The molecule has 0 saturated heterocycles. The summed E-state index contributed by atoms with van der Waals surface area (Å²) >= 11 is 7.08. The Hall–Kier alpha value is -0.980. The SMILES string of the molecule is Cn1cnn(CNC(c2cccs2)C(C)(C)C)c1=S. The van der Waals surface area contributed by atoms with Crippen LogP contribution in [-0.4, -0.2) is 14.3 Å². The van der Waals surface area contributed by atoms with Gasteiger partial charge in [0.05, 0.1) is 6.67 Å². The third kappa shape index (κ3) is 3.32. The van der Waals surface area contributed by atoms with Crippen molar-refractivity contribution in [3.05, 3.63) is 33.5 Å². The van der Waals surface area contributed by atoms with E-state index in [-0.39, 0.29) is 11.5 Å². The second kappa shape index (κ2) is 5.56. The molecule has 1 N–H and O–H groups in total. The van der Waals surface area contributed by atoms with Crippen LogP contribution in [-0.2, 0) is 13.7 Å². The van der Waals surface area contributed by atoms with E-state index < -0.39 is 0 Å². The van der Waals surface area contributed by atoms with Gasteiger partial charge in [0.15, 0.2) is 4.77 Å². The van der Waals surface area contributed by atoms with Gasteiger partial charge in [-0.3, -0.25) is 5.32 Å². The van der Waals surface area contributed by atoms with Gasteiger partial charge in [0.25, 0.3) is 0 Å². The number of aryl methyl sites for hydroxylation is 1. The molecule has 2 aromatic rings. The van der Waals surface area contributed by atoms with Crippen molar-refractivity contribution >= 4 is 23.6 Å². The number of rotatable bonds is 4. The maximum Gasteiger partial charge on any atom is 0.198 e. The Morgan fingerprint density at radius 1 is 1.47 bits per heavy atom. The van der Waals surface area contributed by atoms with Gasteiger partial charge in [-0.2, -0.15) is 5.10 Å². The molecule has 2 rings (SSSR count). The lowest BCUT2D eigenvalue weighted by Crippen LogP contribution is -2.33. The molecule has 0 saturated carbocycles. The van der Waals surface area contributed by atoms with Crippen molar-refractivity contribution in [2.75, 3.05) is 0 Å². The lowest BCUT2D eigenvalue weighted by molar-refractivity contribution is 0.255. The molecule has 6 heteroatoms. The number of nitrogens with one attached hydrogen (secondary N) is 1. The van der Waals surface area contributed by atoms with Gasteiger partial charge in [0.1, 0.15) is 6.33 Å². The Morgan fingerprint density at radius 3 is 2.68 bits per heavy atom. The van der Waals surface area contributed by atoms with Crippen LogP contribution in [0.25, 0.3) is 0 Å². The third-order valence-corrected chi connectivity index (χ3v) is 4.46. The molecule has 0 bridgehead atoms. The van der Waals surface area contributed by atoms with Crippen LogP contribution in [0.1, 0.15) is 31.7 Å². The summed E-state index contributed by atoms with van der Waals surface area (Å²) in [4.78, 5) is 1.34. The van der Waals surface area contributed by atoms with Crippen LogP contribution in [0.5, 0.6) is 0 Å². The average Bonchev–Trinajstić information content (AvgIpc) is 2.92. The summed E-state index contributed by atoms with van der Waals surface area (Å²) in [5.74, 6) is 0. The van der Waals surface area contributed by atoms with E-state index in [1.54, 1.807) is 17.7 Å². The highest BCUT2D eigenvalue weighted by atomic mass is 32.1. The Balaban J connectivity index is 2.14. The van der Waals surface area contributed by atoms with Gasteiger partial charge in [-0.05, 0) is 29.1 Å². The summed E-state index contributed by atoms with van der Waals surface area (Å²) in [5, 5.41) is 9.94. The summed E-state index contributed by atoms with van der Waals surface area (Å²) in [7, 11) is 1.91. The highest BCUT2D eigenvalue weighted by molar-refractivity contribution is 7.71. The Bertz CT molecular complexity index is 575. The van der Waals surface area contributed by atoms with E-state index in [9.17, 15) is 0 Å². The zero-order valence-corrected chi connectivity index (χ0v) is 13.4. The molecule has 4 nitrogen and oxygen atoms in total. The molecule has 1 unspecified atom stereocenters. The van der Waals surface area contributed by atoms with E-state index in [2.05, 4.69) is 48.7 Å². The van der Waals surface area contributed by atoms with E-state index >= 15 is 0 Å². The lowest BCUT2D eigenvalue weighted by Gasteiger charge is -2.30. The van der Waals surface area contributed by atoms with Crippen LogP contribution >= 0.6 is 23.6 Å². The first kappa shape index (κ1) is 14.4. The fraction of sp³-hybridized carbons (Fsp3) is 0.538. The Kier molecular flexibility index (Phi) is 4.23. The molecular formula is C13H20N4S2. The van der Waals surface area contributed by atoms with Gasteiger partial charge >= 0.3 is 0 Å². The molecule has 2 aromatic heterocycles. The van der Waals surface area contributed by atoms with Crippen LogP contribution in [0.15, 0.2) is 23.8 Å². The molecule has 0 fully saturated rings. The minimum absolute atomic E-state index is 0.141. The molecule has 0 aliphatic heterocycles. The van der Waals surface area contributed by atoms with Crippen molar-refractivity contribution in [2.24, 2.45) is 12.5 Å². The molecule has 0 radical (unpaired) electrons. The molecule has 2 heterocycles. The van der Waals surface area contributed by atoms with Crippen molar-refractivity contribution in [1.82, 2.24) is 19.7 Å². The fourth-order valence-corrected chi connectivity index (χ4v) is 3.20. The van der Waals surface area contributed by atoms with Gasteiger partial charge in [0.2, 0.25) is 0 Å². The molecule has 0 aromatic carbocycles. The van der Waals surface area contributed by atoms with E-state index in [4.69, 9.17) is 12.2 Å². The summed E-state index contributed by atoms with van der Waals surface area (Å²) < 4.78 is 4.38. The fourth-order valence-electron chi connectivity index (χ4n) is 2.00. The predicted molar refractivity (Wildman–Crippen MR) is 81.7 cm³/mol. The summed E-state index contributed by atoms with van der Waals surface area (Å²) in [6, 6.07) is 4.55. The van der Waals surface area contributed by atoms with E-state index in [1.165, 1.54) is 4.88 Å². The summed E-state index contributed by atoms with van der Waals surface area (Å²) in [6.45, 7) is 7.34. The van der Waals surface area contributed by atoms with Gasteiger partial charge in [-0.25, -0.2) is 4.68 Å². The standard InChI is InChI=1S/C13H20N4S2/c1-13(2,3)11(10-6-5-7-19-10)14-8-17-12(18)16(4)9-15-17/h5-7,9,11,14H,8H2,1-4H3. The number of hydrogen-bond donors (Lipinski definition) is 1. The molecular weight excluding hydrogens is 276 g/mol. The van der Waals surface area contributed by atoms with Crippen LogP contribution < -0.4 is 5.32 Å². The largest absolute Gasteiger partial charge is 0.310 e. The topological polar surface area (TPSA) is 34.8 Å². The highest BCUT2D eigenvalue weighted by Gasteiger charge is 2.26. The number of aromatic nitrogens is 3. The first-order valence-electron chi connectivity index (χ1n) is 6.25. The maximum atomic E-state index is 5.30. The minimum atomic E-state index is 0.141. The number of nitrogens with zero attached hydrogens (tertiary/aromatic N) is 3. The van der Waals surface area contributed by atoms with Gasteiger partial charge in [-0.1, -0.05) is 26.8 Å². The first-order chi connectivity index (χ1) is 8.89. The quantitative estimate of drug-likeness (QED) is 0.879. The predicted octanol–water partition coefficient (Wildman–Crippen LogP) is 3.35. The smallest absolute Gasteiger partial charge is 0.198 e. The molecule has 0 aliphatic carbocycles. The van der Waals surface area contributed by atoms with Gasteiger partial charge in [0, 0.05) is 18.0 Å². The van der Waals surface area contributed by atoms with Gasteiger partial charge < -0.3 is 4.57 Å². The second-order valence-electron chi connectivity index (χ2n) is 5.70. The number of thiophene rings is 1. The van der Waals surface area contributed by atoms with Crippen LogP contribution in [0.3, 0.4) is 0 Å². The second-order valence-corrected chi connectivity index (χ2v) is 7.05. The average molecular weight is 296 g/mol. The normalized spacial score (nSPS) is 13.7. The van der Waals surface area contributed by atoms with Crippen molar-refractivity contribution in [2.45, 2.75) is 33.5 Å². The van der Waals surface area contributed by atoms with Gasteiger partial charge in [-0.15, -0.1) is 11.3 Å². The third-order valence-electron chi connectivity index (χ3n) is 3.03. The zero-order valence-electron chi connectivity index (χ0n) is 11.8. The molecule has 0 amide bonds. The molecule has 19 heavy (non-hydrogen) atoms. The van der Waals surface area contributed by atoms with Crippen LogP contribution in [0.4, 0.5) is 0 Å². The Labute approximate surface area is 123 Å². The molecule has 104 valence electrons. The van der Waals surface area contributed by atoms with Crippen molar-refractivity contribution in [1.29, 1.82) is 0 Å². The molecule has 0 aliphatic rings. The van der Waals surface area contributed by atoms with Crippen molar-refractivity contribution < 1.29 is 0 Å². The van der Waals surface area contributed by atoms with Crippen LogP contribution in [0, 0.1) is 10.2 Å². The Morgan fingerprint density at radius 2 is 2.21 bits per heavy atom. The maximum absolute atomic E-state index is 5.30. The summed E-state index contributed by atoms with van der Waals surface area (Å²) in [5.41, 5.74) is 0.141. The molecule has 1 atom stereocenters. The summed E-state index contributed by atoms with van der Waals surface area (Å²) in [6.07, 6.45) is 1.74. The van der Waals surface area contributed by atoms with E-state index in [0.29, 0.717) is 6.67 Å². The van der Waals surface area contributed by atoms with Crippen LogP contribution in [0.2, 0.25) is 0 Å². The number of hydrogen-bond acceptors (Lipinski definition) is 4. The highest BCUT2D eigenvalue weighted by Crippen LogP contribution is 2.35. The van der Waals surface area contributed by atoms with E-state index in [1.807, 2.05) is 16.3 Å². The monoisotopic (exact) mass is 296 g/mol. The van der Waals surface area contributed by atoms with Crippen molar-refractivity contribution in [3.8, 4) is 0 Å². The minimum Gasteiger partial charge on any atom is -0.310 e. The molecule has 0 spiro atoms. The zero-order chi connectivity index (χ0) is 14.0. The first-order valence-corrected chi connectivity index (χ1v) is 7.53. The van der Waals surface area contributed by atoms with E-state index in [0.717, 1.165) is 4.77 Å². The lowest BCUT2D eigenvalue weighted by atomic mass is 9.86.